The maximum Gasteiger partial charge on any atom is 0.333 e. The zero-order valence-corrected chi connectivity index (χ0v) is 9.08. The van der Waals surface area contributed by atoms with Crippen LogP contribution in [0.3, 0.4) is 0 Å². The van der Waals surface area contributed by atoms with Gasteiger partial charge in [-0.2, -0.15) is 0 Å². The number of hydrogen-bond acceptors (Lipinski definition) is 3. The van der Waals surface area contributed by atoms with Crippen molar-refractivity contribution in [3.8, 4) is 0 Å². The molecule has 5 heteroatoms. The van der Waals surface area contributed by atoms with E-state index < -0.39 is 0 Å². The minimum atomic E-state index is -0.322. The van der Waals surface area contributed by atoms with Gasteiger partial charge < -0.3 is 15.0 Å². The number of carbonyl (C=O) groups is 2. The van der Waals surface area contributed by atoms with Crippen molar-refractivity contribution in [3.05, 3.63) is 11.6 Å². The molecule has 0 atom stereocenters. The molecule has 0 radical (unpaired) electrons. The van der Waals surface area contributed by atoms with Crippen LogP contribution in [0.25, 0.3) is 0 Å². The summed E-state index contributed by atoms with van der Waals surface area (Å²) in [7, 11) is 0. The largest absolute Gasteiger partial charge is 0.460 e. The second-order valence-corrected chi connectivity index (χ2v) is 3.33. The van der Waals surface area contributed by atoms with Gasteiger partial charge in [0.25, 0.3) is 0 Å². The zero-order valence-electron chi connectivity index (χ0n) is 9.08. The van der Waals surface area contributed by atoms with Crippen LogP contribution in [0.15, 0.2) is 11.6 Å². The average molecular weight is 212 g/mol. The number of esters is 1. The topological polar surface area (TPSA) is 58.6 Å². The van der Waals surface area contributed by atoms with E-state index in [-0.39, 0.29) is 18.6 Å². The summed E-state index contributed by atoms with van der Waals surface area (Å²) < 4.78 is 4.98. The molecule has 15 heavy (non-hydrogen) atoms. The standard InChI is InChI=1S/C10H16N2O3/c1-3-8(2)9(13)15-7-6-12-5-4-11-10(12)14/h3H,4-7H2,1-2H3,(H,11,14). The third kappa shape index (κ3) is 3.27. The summed E-state index contributed by atoms with van der Waals surface area (Å²) in [5.74, 6) is -0.322. The van der Waals surface area contributed by atoms with Gasteiger partial charge in [-0.25, -0.2) is 9.59 Å². The van der Waals surface area contributed by atoms with E-state index in [1.54, 1.807) is 24.8 Å². The van der Waals surface area contributed by atoms with Crippen LogP contribution < -0.4 is 5.32 Å². The molecule has 0 aromatic rings. The zero-order chi connectivity index (χ0) is 11.3. The number of allylic oxidation sites excluding steroid dienone is 1. The van der Waals surface area contributed by atoms with E-state index in [1.807, 2.05) is 0 Å². The maximum atomic E-state index is 11.2. The first-order valence-electron chi connectivity index (χ1n) is 4.98. The van der Waals surface area contributed by atoms with Crippen LogP contribution in [0, 0.1) is 0 Å². The van der Waals surface area contributed by atoms with Crippen LogP contribution in [0.5, 0.6) is 0 Å². The van der Waals surface area contributed by atoms with Crippen LogP contribution in [0.4, 0.5) is 4.79 Å². The van der Waals surface area contributed by atoms with E-state index >= 15 is 0 Å². The first-order valence-corrected chi connectivity index (χ1v) is 4.98. The quantitative estimate of drug-likeness (QED) is 0.546. The van der Waals surface area contributed by atoms with Crippen molar-refractivity contribution < 1.29 is 14.3 Å². The van der Waals surface area contributed by atoms with Gasteiger partial charge in [-0.1, -0.05) is 6.08 Å². The van der Waals surface area contributed by atoms with E-state index in [0.29, 0.717) is 25.2 Å². The van der Waals surface area contributed by atoms with Gasteiger partial charge in [0.2, 0.25) is 0 Å². The smallest absolute Gasteiger partial charge is 0.333 e. The predicted octanol–water partition coefficient (Wildman–Crippen LogP) is 0.521. The van der Waals surface area contributed by atoms with Crippen molar-refractivity contribution in [2.45, 2.75) is 13.8 Å². The highest BCUT2D eigenvalue weighted by molar-refractivity contribution is 5.87. The van der Waals surface area contributed by atoms with Crippen molar-refractivity contribution in [3.63, 3.8) is 0 Å². The highest BCUT2D eigenvalue weighted by Crippen LogP contribution is 1.99. The minimum absolute atomic E-state index is 0.0891. The first-order chi connectivity index (χ1) is 7.15. The molecular weight excluding hydrogens is 196 g/mol. The van der Waals surface area contributed by atoms with Crippen molar-refractivity contribution >= 4 is 12.0 Å². The van der Waals surface area contributed by atoms with E-state index in [4.69, 9.17) is 4.74 Å². The Balaban J connectivity index is 2.21. The van der Waals surface area contributed by atoms with Crippen LogP contribution in [-0.2, 0) is 9.53 Å². The lowest BCUT2D eigenvalue weighted by molar-refractivity contribution is -0.139. The van der Waals surface area contributed by atoms with Crippen molar-refractivity contribution in [1.82, 2.24) is 10.2 Å². The Morgan fingerprint density at radius 2 is 2.40 bits per heavy atom. The second kappa shape index (κ2) is 5.38. The number of nitrogens with one attached hydrogen (secondary N) is 1. The minimum Gasteiger partial charge on any atom is -0.460 e. The molecule has 1 heterocycles. The van der Waals surface area contributed by atoms with E-state index in [2.05, 4.69) is 5.32 Å². The summed E-state index contributed by atoms with van der Waals surface area (Å²) in [6.45, 7) is 5.53. The molecule has 1 rings (SSSR count). The fraction of sp³-hybridized carbons (Fsp3) is 0.600. The van der Waals surface area contributed by atoms with Gasteiger partial charge in [-0.3, -0.25) is 0 Å². The number of urea groups is 1. The van der Waals surface area contributed by atoms with Gasteiger partial charge in [0.1, 0.15) is 6.61 Å². The number of nitrogens with zero attached hydrogens (tertiary/aromatic N) is 1. The molecule has 1 saturated heterocycles. The van der Waals surface area contributed by atoms with Crippen LogP contribution >= 0.6 is 0 Å². The molecule has 0 unspecified atom stereocenters. The fourth-order valence-corrected chi connectivity index (χ4v) is 1.20. The summed E-state index contributed by atoms with van der Waals surface area (Å²) in [4.78, 5) is 23.9. The number of ether oxygens (including phenoxy) is 1. The van der Waals surface area contributed by atoms with Crippen molar-refractivity contribution in [2.24, 2.45) is 0 Å². The van der Waals surface area contributed by atoms with Gasteiger partial charge in [0, 0.05) is 18.7 Å². The van der Waals surface area contributed by atoms with Gasteiger partial charge in [0.15, 0.2) is 0 Å². The molecule has 2 amide bonds. The SMILES string of the molecule is CC=C(C)C(=O)OCCN1CCNC1=O. The van der Waals surface area contributed by atoms with E-state index in [9.17, 15) is 9.59 Å². The fourth-order valence-electron chi connectivity index (χ4n) is 1.20. The lowest BCUT2D eigenvalue weighted by Crippen LogP contribution is -2.31. The van der Waals surface area contributed by atoms with Crippen LogP contribution in [-0.4, -0.2) is 43.1 Å². The molecule has 0 aliphatic carbocycles. The lowest BCUT2D eigenvalue weighted by atomic mass is 10.3. The molecule has 1 fully saturated rings. The Hall–Kier alpha value is -1.52. The number of amides is 2. The highest BCUT2D eigenvalue weighted by atomic mass is 16.5. The molecule has 5 nitrogen and oxygen atoms in total. The molecule has 0 saturated carbocycles. The first kappa shape index (κ1) is 11.6. The molecule has 0 bridgehead atoms. The summed E-state index contributed by atoms with van der Waals surface area (Å²) in [5.41, 5.74) is 0.584. The molecular formula is C10H16N2O3. The Kier molecular flexibility index (Phi) is 4.15. The third-order valence-corrected chi connectivity index (χ3v) is 2.29. The Morgan fingerprint density at radius 1 is 1.67 bits per heavy atom. The average Bonchev–Trinajstić information content (AvgIpc) is 2.63. The van der Waals surface area contributed by atoms with Gasteiger partial charge in [0.05, 0.1) is 6.54 Å². The van der Waals surface area contributed by atoms with Crippen LogP contribution in [0.2, 0.25) is 0 Å². The second-order valence-electron chi connectivity index (χ2n) is 3.33. The summed E-state index contributed by atoms with van der Waals surface area (Å²) >= 11 is 0. The van der Waals surface area contributed by atoms with Gasteiger partial charge in [-0.15, -0.1) is 0 Å². The molecule has 0 aromatic carbocycles. The molecule has 1 N–H and O–H groups in total. The Labute approximate surface area is 89.1 Å². The summed E-state index contributed by atoms with van der Waals surface area (Å²) in [6.07, 6.45) is 1.70. The number of carbonyl (C=O) groups excluding carboxylic acids is 2. The summed E-state index contributed by atoms with van der Waals surface area (Å²) in [5, 5.41) is 2.68. The van der Waals surface area contributed by atoms with E-state index in [1.165, 1.54) is 0 Å². The molecule has 0 aromatic heterocycles. The predicted molar refractivity (Wildman–Crippen MR) is 55.4 cm³/mol. The van der Waals surface area contributed by atoms with Crippen molar-refractivity contribution in [1.29, 1.82) is 0 Å². The monoisotopic (exact) mass is 212 g/mol. The normalized spacial score (nSPS) is 16.5. The lowest BCUT2D eigenvalue weighted by Gasteiger charge is -2.13. The highest BCUT2D eigenvalue weighted by Gasteiger charge is 2.19. The van der Waals surface area contributed by atoms with Gasteiger partial charge in [-0.05, 0) is 13.8 Å². The maximum absolute atomic E-state index is 11.2. The molecule has 1 aliphatic rings. The number of rotatable bonds is 4. The summed E-state index contributed by atoms with van der Waals surface area (Å²) in [6, 6.07) is -0.0891. The molecule has 0 spiro atoms. The van der Waals surface area contributed by atoms with Crippen LogP contribution in [0.1, 0.15) is 13.8 Å². The van der Waals surface area contributed by atoms with E-state index in [0.717, 1.165) is 0 Å². The Bertz CT molecular complexity index is 286. The third-order valence-electron chi connectivity index (χ3n) is 2.29. The molecule has 84 valence electrons. The molecule has 1 aliphatic heterocycles. The van der Waals surface area contributed by atoms with Gasteiger partial charge >= 0.3 is 12.0 Å². The Morgan fingerprint density at radius 3 is 2.93 bits per heavy atom. The van der Waals surface area contributed by atoms with Crippen molar-refractivity contribution in [2.75, 3.05) is 26.2 Å². The number of hydrogen-bond donors (Lipinski definition) is 1.